The third-order valence-corrected chi connectivity index (χ3v) is 6.57. The maximum Gasteiger partial charge on any atom is 0.306 e. The summed E-state index contributed by atoms with van der Waals surface area (Å²) in [5.74, 6) is 0.327. The van der Waals surface area contributed by atoms with Crippen LogP contribution in [0, 0.1) is 28.6 Å². The zero-order chi connectivity index (χ0) is 16.8. The number of fused-ring (bicyclic) bond motifs is 2. The summed E-state index contributed by atoms with van der Waals surface area (Å²) in [6.07, 6.45) is 2.01. The number of hydrogen-bond acceptors (Lipinski definition) is 3. The molecule has 0 aromatic heterocycles. The molecule has 0 saturated heterocycles. The van der Waals surface area contributed by atoms with Crippen molar-refractivity contribution in [1.82, 2.24) is 0 Å². The monoisotopic (exact) mass is 314 g/mol. The van der Waals surface area contributed by atoms with Gasteiger partial charge in [-0.15, -0.1) is 0 Å². The predicted molar refractivity (Wildman–Crippen MR) is 88.8 cm³/mol. The lowest BCUT2D eigenvalue weighted by atomic mass is 9.37. The van der Waals surface area contributed by atoms with Gasteiger partial charge in [0.2, 0.25) is 0 Å². The largest absolute Gasteiger partial charge is 0.469 e. The number of carbonyl (C=O) groups is 2. The van der Waals surface area contributed by atoms with Gasteiger partial charge in [-0.25, -0.2) is 0 Å². The van der Waals surface area contributed by atoms with E-state index in [1.807, 2.05) is 18.2 Å². The highest BCUT2D eigenvalue weighted by Crippen LogP contribution is 2.67. The molecule has 0 N–H and O–H groups in total. The van der Waals surface area contributed by atoms with Crippen molar-refractivity contribution in [1.29, 1.82) is 0 Å². The third kappa shape index (κ3) is 2.41. The Bertz CT molecular complexity index is 619. The van der Waals surface area contributed by atoms with Gasteiger partial charge in [-0.05, 0) is 35.2 Å². The second kappa shape index (κ2) is 5.47. The van der Waals surface area contributed by atoms with Gasteiger partial charge in [-0.3, -0.25) is 9.59 Å². The number of carbonyl (C=O) groups excluding carboxylic acids is 2. The first-order valence-corrected chi connectivity index (χ1v) is 8.45. The Kier molecular flexibility index (Phi) is 3.86. The van der Waals surface area contributed by atoms with E-state index in [-0.39, 0.29) is 40.8 Å². The Morgan fingerprint density at radius 2 is 1.87 bits per heavy atom. The number of benzene rings is 1. The highest BCUT2D eigenvalue weighted by atomic mass is 16.5. The number of rotatable bonds is 4. The smallest absolute Gasteiger partial charge is 0.306 e. The number of ketones is 1. The lowest BCUT2D eigenvalue weighted by Crippen LogP contribution is -2.66. The number of Topliss-reactive ketones (excluding diaryl/α,β-unsaturated/α-hetero) is 1. The molecule has 0 amide bonds. The minimum absolute atomic E-state index is 0.0350. The van der Waals surface area contributed by atoms with Crippen LogP contribution in [0.5, 0.6) is 0 Å². The van der Waals surface area contributed by atoms with Crippen molar-refractivity contribution in [3.63, 3.8) is 0 Å². The normalized spacial score (nSPS) is 34.6. The van der Waals surface area contributed by atoms with Gasteiger partial charge in [0.1, 0.15) is 5.78 Å². The molecule has 2 bridgehead atoms. The maximum atomic E-state index is 13.0. The molecule has 23 heavy (non-hydrogen) atoms. The number of ether oxygens (including phenoxy) is 1. The lowest BCUT2D eigenvalue weighted by Gasteiger charge is -2.66. The molecular weight excluding hydrogens is 288 g/mol. The van der Waals surface area contributed by atoms with Gasteiger partial charge in [-0.1, -0.05) is 51.1 Å². The molecule has 3 saturated carbocycles. The summed E-state index contributed by atoms with van der Waals surface area (Å²) in [4.78, 5) is 24.9. The lowest BCUT2D eigenvalue weighted by molar-refractivity contribution is -0.193. The number of methoxy groups -OCH3 is 1. The Morgan fingerprint density at radius 3 is 2.43 bits per heavy atom. The highest BCUT2D eigenvalue weighted by Gasteiger charge is 2.67. The van der Waals surface area contributed by atoms with Crippen LogP contribution in [0.4, 0.5) is 0 Å². The summed E-state index contributed by atoms with van der Waals surface area (Å²) in [5.41, 5.74) is 1.08. The first-order chi connectivity index (χ1) is 10.8. The Hall–Kier alpha value is -1.64. The van der Waals surface area contributed by atoms with Crippen LogP contribution in [-0.4, -0.2) is 18.9 Å². The third-order valence-electron chi connectivity index (χ3n) is 6.57. The zero-order valence-electron chi connectivity index (χ0n) is 14.5. The van der Waals surface area contributed by atoms with E-state index < -0.39 is 0 Å². The van der Waals surface area contributed by atoms with Gasteiger partial charge in [0.15, 0.2) is 0 Å². The quantitative estimate of drug-likeness (QED) is 0.797. The fourth-order valence-corrected chi connectivity index (χ4v) is 5.20. The minimum Gasteiger partial charge on any atom is -0.469 e. The molecule has 3 heteroatoms. The van der Waals surface area contributed by atoms with E-state index >= 15 is 0 Å². The van der Waals surface area contributed by atoms with Crippen LogP contribution >= 0.6 is 0 Å². The van der Waals surface area contributed by atoms with Gasteiger partial charge in [0, 0.05) is 11.8 Å². The van der Waals surface area contributed by atoms with Crippen molar-refractivity contribution in [2.24, 2.45) is 28.6 Å². The summed E-state index contributed by atoms with van der Waals surface area (Å²) in [7, 11) is 1.40. The Balaban J connectivity index is 1.96. The summed E-state index contributed by atoms with van der Waals surface area (Å²) < 4.78 is 4.86. The SMILES string of the molecule is COC(=O)C[C@H]1C(=O)[C@H]2C[C@H](C2(C)C)[C@@]1(C)Cc1ccccc1. The molecule has 3 aliphatic carbocycles. The summed E-state index contributed by atoms with van der Waals surface area (Å²) >= 11 is 0. The van der Waals surface area contributed by atoms with E-state index in [0.29, 0.717) is 5.92 Å². The molecule has 3 nitrogen and oxygen atoms in total. The van der Waals surface area contributed by atoms with Crippen molar-refractivity contribution >= 4 is 11.8 Å². The first-order valence-electron chi connectivity index (χ1n) is 8.45. The molecule has 3 fully saturated rings. The van der Waals surface area contributed by atoms with Gasteiger partial charge in [0.05, 0.1) is 13.5 Å². The van der Waals surface area contributed by atoms with Crippen LogP contribution in [-0.2, 0) is 20.7 Å². The molecule has 4 rings (SSSR count). The van der Waals surface area contributed by atoms with Gasteiger partial charge >= 0.3 is 5.97 Å². The fraction of sp³-hybridized carbons (Fsp3) is 0.600. The Labute approximate surface area is 138 Å². The van der Waals surface area contributed by atoms with E-state index in [1.165, 1.54) is 12.7 Å². The van der Waals surface area contributed by atoms with Crippen molar-refractivity contribution in [2.45, 2.75) is 40.0 Å². The van der Waals surface area contributed by atoms with Crippen molar-refractivity contribution in [3.05, 3.63) is 35.9 Å². The molecule has 3 aliphatic rings. The molecule has 0 radical (unpaired) electrons. The molecule has 0 spiro atoms. The van der Waals surface area contributed by atoms with Crippen LogP contribution in [0.3, 0.4) is 0 Å². The summed E-state index contributed by atoms with van der Waals surface area (Å²) in [6.45, 7) is 6.62. The zero-order valence-corrected chi connectivity index (χ0v) is 14.5. The second-order valence-electron chi connectivity index (χ2n) is 8.07. The number of esters is 1. The Morgan fingerprint density at radius 1 is 1.22 bits per heavy atom. The van der Waals surface area contributed by atoms with Crippen LogP contribution in [0.15, 0.2) is 30.3 Å². The molecule has 1 aromatic carbocycles. The van der Waals surface area contributed by atoms with Gasteiger partial charge < -0.3 is 4.74 Å². The summed E-state index contributed by atoms with van der Waals surface area (Å²) in [6, 6.07) is 10.3. The van der Waals surface area contributed by atoms with Crippen molar-refractivity contribution < 1.29 is 14.3 Å². The minimum atomic E-state index is -0.276. The van der Waals surface area contributed by atoms with Crippen molar-refractivity contribution in [3.8, 4) is 0 Å². The second-order valence-corrected chi connectivity index (χ2v) is 8.07. The van der Waals surface area contributed by atoms with E-state index in [0.717, 1.165) is 12.8 Å². The average Bonchev–Trinajstić information content (AvgIpc) is 2.50. The number of hydrogen-bond donors (Lipinski definition) is 0. The van der Waals surface area contributed by atoms with E-state index in [4.69, 9.17) is 4.74 Å². The van der Waals surface area contributed by atoms with Gasteiger partial charge in [-0.2, -0.15) is 0 Å². The van der Waals surface area contributed by atoms with E-state index in [2.05, 4.69) is 32.9 Å². The molecule has 0 aliphatic heterocycles. The highest BCUT2D eigenvalue weighted by molar-refractivity contribution is 5.91. The van der Waals surface area contributed by atoms with Crippen LogP contribution in [0.25, 0.3) is 0 Å². The molecule has 0 unspecified atom stereocenters. The van der Waals surface area contributed by atoms with Crippen molar-refractivity contribution in [2.75, 3.05) is 7.11 Å². The van der Waals surface area contributed by atoms with Crippen LogP contribution in [0.2, 0.25) is 0 Å². The first kappa shape index (κ1) is 16.2. The molecule has 1 aromatic rings. The predicted octanol–water partition coefficient (Wildman–Crippen LogP) is 3.66. The topological polar surface area (TPSA) is 43.4 Å². The van der Waals surface area contributed by atoms with E-state index in [9.17, 15) is 9.59 Å². The molecule has 0 heterocycles. The van der Waals surface area contributed by atoms with Gasteiger partial charge in [0.25, 0.3) is 0 Å². The van der Waals surface area contributed by atoms with Crippen LogP contribution < -0.4 is 0 Å². The molecular formula is C20H26O3. The fourth-order valence-electron chi connectivity index (χ4n) is 5.20. The maximum absolute atomic E-state index is 13.0. The standard InChI is InChI=1S/C20H26O3/c1-19(2)14-10-16(19)20(3,12-13-8-6-5-7-9-13)15(18(14)22)11-17(21)23-4/h5-9,14-16H,10-12H2,1-4H3/t14-,15+,16-,20+/m1/s1. The summed E-state index contributed by atoms with van der Waals surface area (Å²) in [5, 5.41) is 0. The average molecular weight is 314 g/mol. The molecule has 4 atom stereocenters. The van der Waals surface area contributed by atoms with E-state index in [1.54, 1.807) is 0 Å². The molecule has 124 valence electrons. The van der Waals surface area contributed by atoms with Crippen LogP contribution in [0.1, 0.15) is 39.2 Å².